The molecule has 0 amide bonds. The number of rotatable bonds is 3. The van der Waals surface area contributed by atoms with E-state index in [1.54, 1.807) is 7.11 Å². The monoisotopic (exact) mass is 233 g/mol. The Labute approximate surface area is 101 Å². The van der Waals surface area contributed by atoms with Crippen molar-refractivity contribution in [2.45, 2.75) is 32.9 Å². The van der Waals surface area contributed by atoms with E-state index in [1.807, 2.05) is 25.1 Å². The minimum atomic E-state index is -0.0733. The summed E-state index contributed by atoms with van der Waals surface area (Å²) in [7, 11) is 1.66. The van der Waals surface area contributed by atoms with Crippen molar-refractivity contribution in [2.75, 3.05) is 7.11 Å². The first kappa shape index (κ1) is 11.9. The van der Waals surface area contributed by atoms with Crippen molar-refractivity contribution in [2.24, 2.45) is 5.73 Å². The summed E-state index contributed by atoms with van der Waals surface area (Å²) in [5.41, 5.74) is 8.01. The number of hydrogen-bond donors (Lipinski definition) is 1. The average Bonchev–Trinajstić information content (AvgIpc) is 2.66. The predicted molar refractivity (Wildman–Crippen MR) is 69.3 cm³/mol. The lowest BCUT2D eigenvalue weighted by Crippen LogP contribution is -2.14. The van der Waals surface area contributed by atoms with Crippen molar-refractivity contribution in [3.05, 3.63) is 24.0 Å². The summed E-state index contributed by atoms with van der Waals surface area (Å²) in [6.07, 6.45) is 0. The summed E-state index contributed by atoms with van der Waals surface area (Å²) in [4.78, 5) is 4.60. The van der Waals surface area contributed by atoms with Crippen LogP contribution in [-0.4, -0.2) is 16.7 Å². The van der Waals surface area contributed by atoms with Gasteiger partial charge < -0.3 is 15.0 Å². The quantitative estimate of drug-likeness (QED) is 0.886. The maximum absolute atomic E-state index is 5.97. The van der Waals surface area contributed by atoms with Crippen LogP contribution >= 0.6 is 0 Å². The van der Waals surface area contributed by atoms with E-state index in [0.29, 0.717) is 6.04 Å². The minimum absolute atomic E-state index is 0.0733. The Morgan fingerprint density at radius 2 is 2.00 bits per heavy atom. The van der Waals surface area contributed by atoms with Gasteiger partial charge in [0, 0.05) is 12.1 Å². The molecule has 2 aromatic rings. The molecular formula is C13H19N3O. The van der Waals surface area contributed by atoms with E-state index in [2.05, 4.69) is 23.4 Å². The van der Waals surface area contributed by atoms with Crippen molar-refractivity contribution >= 4 is 11.0 Å². The standard InChI is InChI=1S/C13H19N3O/c1-8(2)16-12-6-5-10(17-4)7-11(12)15-13(16)9(3)14/h5-9H,14H2,1-4H3/t9-/m0/s1. The second-order valence-electron chi connectivity index (χ2n) is 4.58. The maximum Gasteiger partial charge on any atom is 0.126 e. The molecular weight excluding hydrogens is 214 g/mol. The van der Waals surface area contributed by atoms with Crippen molar-refractivity contribution in [1.82, 2.24) is 9.55 Å². The largest absolute Gasteiger partial charge is 0.497 e. The lowest BCUT2D eigenvalue weighted by atomic mass is 10.2. The lowest BCUT2D eigenvalue weighted by molar-refractivity contribution is 0.415. The van der Waals surface area contributed by atoms with Crippen LogP contribution in [0.25, 0.3) is 11.0 Å². The van der Waals surface area contributed by atoms with E-state index in [1.165, 1.54) is 0 Å². The van der Waals surface area contributed by atoms with Crippen molar-refractivity contribution in [1.29, 1.82) is 0 Å². The predicted octanol–water partition coefficient (Wildman–Crippen LogP) is 2.65. The molecule has 0 bridgehead atoms. The minimum Gasteiger partial charge on any atom is -0.497 e. The van der Waals surface area contributed by atoms with Crippen LogP contribution in [0.1, 0.15) is 38.7 Å². The van der Waals surface area contributed by atoms with E-state index < -0.39 is 0 Å². The first-order valence-electron chi connectivity index (χ1n) is 5.86. The Kier molecular flexibility index (Phi) is 3.07. The van der Waals surface area contributed by atoms with Crippen molar-refractivity contribution in [3.63, 3.8) is 0 Å². The second kappa shape index (κ2) is 4.37. The number of hydrogen-bond acceptors (Lipinski definition) is 3. The SMILES string of the molecule is COc1ccc2c(c1)nc([C@H](C)N)n2C(C)C. The Morgan fingerprint density at radius 1 is 1.29 bits per heavy atom. The normalized spacial score (nSPS) is 13.3. The van der Waals surface area contributed by atoms with Crippen LogP contribution in [0.15, 0.2) is 18.2 Å². The van der Waals surface area contributed by atoms with E-state index in [-0.39, 0.29) is 6.04 Å². The van der Waals surface area contributed by atoms with E-state index in [9.17, 15) is 0 Å². The highest BCUT2D eigenvalue weighted by atomic mass is 16.5. The number of aromatic nitrogens is 2. The fourth-order valence-electron chi connectivity index (χ4n) is 2.09. The zero-order valence-electron chi connectivity index (χ0n) is 10.8. The van der Waals surface area contributed by atoms with Crippen LogP contribution in [-0.2, 0) is 0 Å². The second-order valence-corrected chi connectivity index (χ2v) is 4.58. The molecule has 92 valence electrons. The summed E-state index contributed by atoms with van der Waals surface area (Å²) >= 11 is 0. The molecule has 0 aliphatic rings. The lowest BCUT2D eigenvalue weighted by Gasteiger charge is -2.14. The van der Waals surface area contributed by atoms with Crippen LogP contribution in [0, 0.1) is 0 Å². The fraction of sp³-hybridized carbons (Fsp3) is 0.462. The van der Waals surface area contributed by atoms with Crippen LogP contribution in [0.5, 0.6) is 5.75 Å². The van der Waals surface area contributed by atoms with Crippen LogP contribution < -0.4 is 10.5 Å². The summed E-state index contributed by atoms with van der Waals surface area (Å²) in [5.74, 6) is 1.74. The molecule has 0 saturated heterocycles. The fourth-order valence-corrected chi connectivity index (χ4v) is 2.09. The number of benzene rings is 1. The van der Waals surface area contributed by atoms with E-state index in [4.69, 9.17) is 10.5 Å². The number of ether oxygens (including phenoxy) is 1. The molecule has 0 saturated carbocycles. The van der Waals surface area contributed by atoms with Gasteiger partial charge in [-0.15, -0.1) is 0 Å². The number of nitrogens with zero attached hydrogens (tertiary/aromatic N) is 2. The van der Waals surface area contributed by atoms with Crippen LogP contribution in [0.2, 0.25) is 0 Å². The zero-order valence-corrected chi connectivity index (χ0v) is 10.8. The molecule has 0 aliphatic carbocycles. The molecule has 0 aliphatic heterocycles. The molecule has 4 heteroatoms. The molecule has 0 radical (unpaired) electrons. The number of methoxy groups -OCH3 is 1. The van der Waals surface area contributed by atoms with Crippen molar-refractivity contribution in [3.8, 4) is 5.75 Å². The highest BCUT2D eigenvalue weighted by molar-refractivity contribution is 5.78. The Morgan fingerprint density at radius 3 is 2.53 bits per heavy atom. The smallest absolute Gasteiger partial charge is 0.126 e. The summed E-state index contributed by atoms with van der Waals surface area (Å²) < 4.78 is 7.39. The van der Waals surface area contributed by atoms with Gasteiger partial charge in [0.1, 0.15) is 11.6 Å². The van der Waals surface area contributed by atoms with Gasteiger partial charge >= 0.3 is 0 Å². The first-order valence-corrected chi connectivity index (χ1v) is 5.86. The summed E-state index contributed by atoms with van der Waals surface area (Å²) in [6, 6.07) is 6.20. The third-order valence-corrected chi connectivity index (χ3v) is 2.85. The first-order chi connectivity index (χ1) is 8.04. The van der Waals surface area contributed by atoms with Gasteiger partial charge in [-0.2, -0.15) is 0 Å². The van der Waals surface area contributed by atoms with Crippen molar-refractivity contribution < 1.29 is 4.74 Å². The molecule has 1 aromatic heterocycles. The molecule has 4 nitrogen and oxygen atoms in total. The third-order valence-electron chi connectivity index (χ3n) is 2.85. The highest BCUT2D eigenvalue weighted by Gasteiger charge is 2.16. The van der Waals surface area contributed by atoms with Crippen LogP contribution in [0.3, 0.4) is 0 Å². The van der Waals surface area contributed by atoms with Crippen LogP contribution in [0.4, 0.5) is 0 Å². The topological polar surface area (TPSA) is 53.1 Å². The van der Waals surface area contributed by atoms with Gasteiger partial charge in [-0.25, -0.2) is 4.98 Å². The molecule has 2 N–H and O–H groups in total. The number of imidazole rings is 1. The van der Waals surface area contributed by atoms with Gasteiger partial charge in [0.25, 0.3) is 0 Å². The van der Waals surface area contributed by atoms with Gasteiger partial charge in [0.05, 0.1) is 24.2 Å². The molecule has 0 fully saturated rings. The number of fused-ring (bicyclic) bond motifs is 1. The average molecular weight is 233 g/mol. The highest BCUT2D eigenvalue weighted by Crippen LogP contribution is 2.26. The Bertz CT molecular complexity index is 529. The molecule has 17 heavy (non-hydrogen) atoms. The van der Waals surface area contributed by atoms with Gasteiger partial charge in [0.2, 0.25) is 0 Å². The number of nitrogens with two attached hydrogens (primary N) is 1. The molecule has 1 heterocycles. The Hall–Kier alpha value is -1.55. The summed E-state index contributed by atoms with van der Waals surface area (Å²) in [6.45, 7) is 6.23. The molecule has 0 spiro atoms. The van der Waals surface area contributed by atoms with Gasteiger partial charge in [-0.1, -0.05) is 0 Å². The molecule has 1 atom stereocenters. The Balaban J connectivity index is 2.70. The van der Waals surface area contributed by atoms with Gasteiger partial charge in [-0.05, 0) is 32.9 Å². The third kappa shape index (κ3) is 2.00. The van der Waals surface area contributed by atoms with Gasteiger partial charge in [0.15, 0.2) is 0 Å². The summed E-state index contributed by atoms with van der Waals surface area (Å²) in [5, 5.41) is 0. The zero-order chi connectivity index (χ0) is 12.6. The molecule has 2 rings (SSSR count). The van der Waals surface area contributed by atoms with E-state index >= 15 is 0 Å². The van der Waals surface area contributed by atoms with Gasteiger partial charge in [-0.3, -0.25) is 0 Å². The maximum atomic E-state index is 5.97. The molecule has 0 unspecified atom stereocenters. The molecule has 1 aromatic carbocycles. The van der Waals surface area contributed by atoms with E-state index in [0.717, 1.165) is 22.6 Å².